The van der Waals surface area contributed by atoms with Gasteiger partial charge in [0.1, 0.15) is 0 Å². The molecule has 14 heavy (non-hydrogen) atoms. The zero-order valence-electron chi connectivity index (χ0n) is 6.74. The van der Waals surface area contributed by atoms with Gasteiger partial charge in [-0.15, -0.1) is 0 Å². The number of hydrogen-bond donors (Lipinski definition) is 0. The Bertz CT molecular complexity index is 305. The van der Waals surface area contributed by atoms with Crippen LogP contribution >= 0.6 is 23.2 Å². The smallest absolute Gasteiger partial charge is 0.422 e. The molecule has 1 rings (SSSR count). The van der Waals surface area contributed by atoms with E-state index in [4.69, 9.17) is 23.2 Å². The van der Waals surface area contributed by atoms with Gasteiger partial charge >= 0.3 is 6.18 Å². The van der Waals surface area contributed by atoms with Crippen molar-refractivity contribution >= 4 is 23.2 Å². The van der Waals surface area contributed by atoms with Crippen LogP contribution in [0.3, 0.4) is 0 Å². The molecule has 0 bridgehead atoms. The van der Waals surface area contributed by atoms with E-state index in [-0.39, 0.29) is 15.8 Å². The van der Waals surface area contributed by atoms with Crippen LogP contribution in [0.25, 0.3) is 0 Å². The SMILES string of the molecule is FC(F)(F)COc1c(Cl)cccc1Cl. The average molecular weight is 245 g/mol. The van der Waals surface area contributed by atoms with Gasteiger partial charge in [-0.1, -0.05) is 29.3 Å². The monoisotopic (exact) mass is 244 g/mol. The molecule has 0 aliphatic carbocycles. The summed E-state index contributed by atoms with van der Waals surface area (Å²) < 4.78 is 39.8. The van der Waals surface area contributed by atoms with E-state index in [0.717, 1.165) is 0 Å². The highest BCUT2D eigenvalue weighted by molar-refractivity contribution is 6.37. The van der Waals surface area contributed by atoms with Crippen LogP contribution in [0.4, 0.5) is 13.2 Å². The van der Waals surface area contributed by atoms with Gasteiger partial charge in [-0.2, -0.15) is 13.2 Å². The number of benzene rings is 1. The molecule has 0 aliphatic rings. The molecule has 0 aromatic heterocycles. The van der Waals surface area contributed by atoms with Crippen LogP contribution in [-0.4, -0.2) is 12.8 Å². The van der Waals surface area contributed by atoms with Crippen LogP contribution in [0.2, 0.25) is 10.0 Å². The van der Waals surface area contributed by atoms with E-state index in [9.17, 15) is 13.2 Å². The Morgan fingerprint density at radius 1 is 1.14 bits per heavy atom. The van der Waals surface area contributed by atoms with Gasteiger partial charge < -0.3 is 4.74 Å². The van der Waals surface area contributed by atoms with E-state index in [2.05, 4.69) is 4.74 Å². The van der Waals surface area contributed by atoms with Crippen molar-refractivity contribution in [3.8, 4) is 5.75 Å². The maximum Gasteiger partial charge on any atom is 0.422 e. The molecule has 0 saturated heterocycles. The van der Waals surface area contributed by atoms with E-state index < -0.39 is 12.8 Å². The molecule has 1 aromatic rings. The van der Waals surface area contributed by atoms with Gasteiger partial charge in [-0.05, 0) is 12.1 Å². The third kappa shape index (κ3) is 3.27. The molecule has 0 amide bonds. The van der Waals surface area contributed by atoms with E-state index in [1.54, 1.807) is 0 Å². The summed E-state index contributed by atoms with van der Waals surface area (Å²) in [6.45, 7) is -1.41. The fraction of sp³-hybridized carbons (Fsp3) is 0.250. The number of alkyl halides is 3. The quantitative estimate of drug-likeness (QED) is 0.766. The Morgan fingerprint density at radius 3 is 2.07 bits per heavy atom. The number of hydrogen-bond acceptors (Lipinski definition) is 1. The van der Waals surface area contributed by atoms with Crippen molar-refractivity contribution in [3.05, 3.63) is 28.2 Å². The summed E-state index contributed by atoms with van der Waals surface area (Å²) in [6, 6.07) is 4.32. The summed E-state index contributed by atoms with van der Waals surface area (Å²) in [5.74, 6) is -0.145. The Kier molecular flexibility index (Phi) is 3.50. The molecular weight excluding hydrogens is 240 g/mol. The average Bonchev–Trinajstić information content (AvgIpc) is 2.01. The molecule has 6 heteroatoms. The lowest BCUT2D eigenvalue weighted by Crippen LogP contribution is -2.19. The van der Waals surface area contributed by atoms with Gasteiger partial charge in [-0.25, -0.2) is 0 Å². The van der Waals surface area contributed by atoms with E-state index in [0.29, 0.717) is 0 Å². The number of para-hydroxylation sites is 1. The first kappa shape index (κ1) is 11.5. The molecule has 0 N–H and O–H groups in total. The number of rotatable bonds is 2. The highest BCUT2D eigenvalue weighted by Crippen LogP contribution is 2.33. The molecule has 1 aromatic carbocycles. The third-order valence-electron chi connectivity index (χ3n) is 1.30. The normalized spacial score (nSPS) is 11.5. The van der Waals surface area contributed by atoms with Gasteiger partial charge in [0.15, 0.2) is 12.4 Å². The van der Waals surface area contributed by atoms with Gasteiger partial charge in [0.25, 0.3) is 0 Å². The molecule has 0 saturated carbocycles. The second-order valence-corrected chi connectivity index (χ2v) is 3.27. The predicted molar refractivity (Wildman–Crippen MR) is 48.0 cm³/mol. The largest absolute Gasteiger partial charge is 0.481 e. The van der Waals surface area contributed by atoms with Crippen molar-refractivity contribution < 1.29 is 17.9 Å². The Hall–Kier alpha value is -0.610. The molecular formula is C8H5Cl2F3O. The molecule has 0 aliphatic heterocycles. The number of halogens is 5. The van der Waals surface area contributed by atoms with Gasteiger partial charge in [0, 0.05) is 0 Å². The van der Waals surface area contributed by atoms with Crippen LogP contribution in [0.15, 0.2) is 18.2 Å². The lowest BCUT2D eigenvalue weighted by Gasteiger charge is -2.11. The summed E-state index contributed by atoms with van der Waals surface area (Å²) in [7, 11) is 0. The van der Waals surface area contributed by atoms with Crippen LogP contribution in [-0.2, 0) is 0 Å². The Morgan fingerprint density at radius 2 is 1.64 bits per heavy atom. The predicted octanol–water partition coefficient (Wildman–Crippen LogP) is 3.93. The minimum Gasteiger partial charge on any atom is -0.481 e. The maximum absolute atomic E-state index is 11.8. The minimum atomic E-state index is -4.40. The van der Waals surface area contributed by atoms with Crippen molar-refractivity contribution in [2.75, 3.05) is 6.61 Å². The Labute approximate surface area is 88.4 Å². The second kappa shape index (κ2) is 4.28. The summed E-state index contributed by atoms with van der Waals surface area (Å²) in [5.41, 5.74) is 0. The van der Waals surface area contributed by atoms with Crippen molar-refractivity contribution in [3.63, 3.8) is 0 Å². The molecule has 0 atom stereocenters. The first-order chi connectivity index (χ1) is 6.40. The lowest BCUT2D eigenvalue weighted by atomic mass is 10.3. The summed E-state index contributed by atoms with van der Waals surface area (Å²) in [4.78, 5) is 0. The fourth-order valence-electron chi connectivity index (χ4n) is 0.774. The minimum absolute atomic E-state index is 0.0572. The zero-order chi connectivity index (χ0) is 10.8. The molecule has 0 fully saturated rings. The van der Waals surface area contributed by atoms with Crippen LogP contribution in [0.1, 0.15) is 0 Å². The molecule has 78 valence electrons. The van der Waals surface area contributed by atoms with Crippen molar-refractivity contribution in [2.24, 2.45) is 0 Å². The topological polar surface area (TPSA) is 9.23 Å². The number of ether oxygens (including phenoxy) is 1. The van der Waals surface area contributed by atoms with Crippen LogP contribution in [0, 0.1) is 0 Å². The summed E-state index contributed by atoms with van der Waals surface area (Å²) in [5, 5.41) is 0.114. The standard InChI is InChI=1S/C8H5Cl2F3O/c9-5-2-1-3-6(10)7(5)14-4-8(11,12)13/h1-3H,4H2. The van der Waals surface area contributed by atoms with Crippen LogP contribution < -0.4 is 4.74 Å². The third-order valence-corrected chi connectivity index (χ3v) is 1.89. The first-order valence-corrected chi connectivity index (χ1v) is 4.29. The van der Waals surface area contributed by atoms with Crippen molar-refractivity contribution in [2.45, 2.75) is 6.18 Å². The molecule has 0 radical (unpaired) electrons. The highest BCUT2D eigenvalue weighted by atomic mass is 35.5. The highest BCUT2D eigenvalue weighted by Gasteiger charge is 2.29. The second-order valence-electron chi connectivity index (χ2n) is 2.45. The van der Waals surface area contributed by atoms with E-state index >= 15 is 0 Å². The maximum atomic E-state index is 11.8. The van der Waals surface area contributed by atoms with Crippen molar-refractivity contribution in [1.29, 1.82) is 0 Å². The van der Waals surface area contributed by atoms with Gasteiger partial charge in [0.2, 0.25) is 0 Å². The molecule has 0 heterocycles. The molecule has 0 unspecified atom stereocenters. The van der Waals surface area contributed by atoms with E-state index in [1.165, 1.54) is 18.2 Å². The van der Waals surface area contributed by atoms with E-state index in [1.807, 2.05) is 0 Å². The van der Waals surface area contributed by atoms with Crippen LogP contribution in [0.5, 0.6) is 5.75 Å². The Balaban J connectivity index is 2.77. The molecule has 1 nitrogen and oxygen atoms in total. The lowest BCUT2D eigenvalue weighted by molar-refractivity contribution is -0.153. The fourth-order valence-corrected chi connectivity index (χ4v) is 1.28. The van der Waals surface area contributed by atoms with Crippen molar-refractivity contribution in [1.82, 2.24) is 0 Å². The zero-order valence-corrected chi connectivity index (χ0v) is 8.25. The summed E-state index contributed by atoms with van der Waals surface area (Å²) in [6.07, 6.45) is -4.40. The molecule has 0 spiro atoms. The van der Waals surface area contributed by atoms with Gasteiger partial charge in [0.05, 0.1) is 10.0 Å². The van der Waals surface area contributed by atoms with Gasteiger partial charge in [-0.3, -0.25) is 0 Å². The first-order valence-electron chi connectivity index (χ1n) is 3.54. The summed E-state index contributed by atoms with van der Waals surface area (Å²) >= 11 is 11.2.